The van der Waals surface area contributed by atoms with E-state index in [1.165, 1.54) is 11.4 Å². The Morgan fingerprint density at radius 2 is 2.24 bits per heavy atom. The minimum atomic E-state index is -3.24. The average molecular weight is 264 g/mol. The molecule has 100 valence electrons. The van der Waals surface area contributed by atoms with E-state index in [-0.39, 0.29) is 24.1 Å². The minimum absolute atomic E-state index is 0.000604. The standard InChI is InChI=1S/C10H20N2O4S/c1-16-10(13)3-2-6-17(14,15)12-5-4-9(7-11)8-12/h9H,2-8,11H2,1H3. The first-order valence-corrected chi connectivity index (χ1v) is 7.35. The van der Waals surface area contributed by atoms with Crippen LogP contribution in [0.1, 0.15) is 19.3 Å². The first-order valence-electron chi connectivity index (χ1n) is 5.74. The van der Waals surface area contributed by atoms with E-state index in [9.17, 15) is 13.2 Å². The molecule has 0 saturated carbocycles. The van der Waals surface area contributed by atoms with Crippen LogP contribution in [0.3, 0.4) is 0 Å². The molecule has 1 fully saturated rings. The van der Waals surface area contributed by atoms with Gasteiger partial charge >= 0.3 is 5.97 Å². The van der Waals surface area contributed by atoms with Gasteiger partial charge in [0, 0.05) is 19.5 Å². The first-order chi connectivity index (χ1) is 7.99. The van der Waals surface area contributed by atoms with Gasteiger partial charge in [0.15, 0.2) is 0 Å². The smallest absolute Gasteiger partial charge is 0.305 e. The molecule has 17 heavy (non-hydrogen) atoms. The summed E-state index contributed by atoms with van der Waals surface area (Å²) in [6.07, 6.45) is 1.27. The second kappa shape index (κ2) is 6.32. The SMILES string of the molecule is COC(=O)CCCS(=O)(=O)N1CCC(CN)C1. The van der Waals surface area contributed by atoms with E-state index < -0.39 is 10.0 Å². The van der Waals surface area contributed by atoms with Crippen molar-refractivity contribution < 1.29 is 17.9 Å². The maximum Gasteiger partial charge on any atom is 0.305 e. The van der Waals surface area contributed by atoms with Crippen molar-refractivity contribution in [2.45, 2.75) is 19.3 Å². The molecule has 1 rings (SSSR count). The molecule has 1 heterocycles. The lowest BCUT2D eigenvalue weighted by Gasteiger charge is -2.15. The molecule has 6 nitrogen and oxygen atoms in total. The van der Waals surface area contributed by atoms with Gasteiger partial charge in [-0.2, -0.15) is 0 Å². The quantitative estimate of drug-likeness (QED) is 0.656. The van der Waals surface area contributed by atoms with Crippen molar-refractivity contribution in [3.8, 4) is 0 Å². The summed E-state index contributed by atoms with van der Waals surface area (Å²) in [6.45, 7) is 1.58. The third kappa shape index (κ3) is 4.25. The van der Waals surface area contributed by atoms with Gasteiger partial charge in [-0.3, -0.25) is 4.79 Å². The Hall–Kier alpha value is -0.660. The van der Waals surface area contributed by atoms with Crippen LogP contribution in [0.4, 0.5) is 0 Å². The summed E-state index contributed by atoms with van der Waals surface area (Å²) in [5, 5.41) is 0. The lowest BCUT2D eigenvalue weighted by Crippen LogP contribution is -2.32. The molecule has 0 radical (unpaired) electrons. The highest BCUT2D eigenvalue weighted by Gasteiger charge is 2.30. The molecule has 1 atom stereocenters. The Kier molecular flexibility index (Phi) is 5.35. The molecule has 0 aliphatic carbocycles. The Labute approximate surface area is 102 Å². The van der Waals surface area contributed by atoms with Gasteiger partial charge in [-0.15, -0.1) is 0 Å². The molecule has 0 aromatic rings. The maximum atomic E-state index is 11.9. The zero-order valence-corrected chi connectivity index (χ0v) is 10.9. The van der Waals surface area contributed by atoms with Crippen LogP contribution in [-0.2, 0) is 19.6 Å². The Bertz CT molecular complexity index is 355. The van der Waals surface area contributed by atoms with Crippen molar-refractivity contribution in [1.29, 1.82) is 0 Å². The van der Waals surface area contributed by atoms with Crippen LogP contribution in [0.25, 0.3) is 0 Å². The summed E-state index contributed by atoms with van der Waals surface area (Å²) in [5.41, 5.74) is 5.51. The van der Waals surface area contributed by atoms with E-state index in [0.29, 0.717) is 26.1 Å². The highest BCUT2D eigenvalue weighted by molar-refractivity contribution is 7.89. The predicted octanol–water partition coefficient (Wildman–Crippen LogP) is -0.450. The van der Waals surface area contributed by atoms with Crippen molar-refractivity contribution in [2.75, 3.05) is 32.5 Å². The van der Waals surface area contributed by atoms with E-state index in [4.69, 9.17) is 5.73 Å². The number of ether oxygens (including phenoxy) is 1. The molecule has 0 aromatic carbocycles. The molecule has 0 bridgehead atoms. The summed E-state index contributed by atoms with van der Waals surface area (Å²) in [5.74, 6) is -0.105. The minimum Gasteiger partial charge on any atom is -0.469 e. The fraction of sp³-hybridized carbons (Fsp3) is 0.900. The van der Waals surface area contributed by atoms with Gasteiger partial charge in [0.2, 0.25) is 10.0 Å². The molecule has 0 spiro atoms. The monoisotopic (exact) mass is 264 g/mol. The van der Waals surface area contributed by atoms with Crippen LogP contribution >= 0.6 is 0 Å². The third-order valence-corrected chi connectivity index (χ3v) is 4.91. The molecule has 0 amide bonds. The van der Waals surface area contributed by atoms with Crippen molar-refractivity contribution in [3.63, 3.8) is 0 Å². The van der Waals surface area contributed by atoms with Crippen LogP contribution in [0.2, 0.25) is 0 Å². The third-order valence-electron chi connectivity index (χ3n) is 2.99. The molecular formula is C10H20N2O4S. The number of rotatable bonds is 6. The predicted molar refractivity (Wildman–Crippen MR) is 63.8 cm³/mol. The summed E-state index contributed by atoms with van der Waals surface area (Å²) >= 11 is 0. The highest BCUT2D eigenvalue weighted by atomic mass is 32.2. The van der Waals surface area contributed by atoms with Crippen LogP contribution in [0.15, 0.2) is 0 Å². The lowest BCUT2D eigenvalue weighted by atomic mass is 10.1. The maximum absolute atomic E-state index is 11.9. The summed E-state index contributed by atoms with van der Waals surface area (Å²) in [4.78, 5) is 10.9. The second-order valence-electron chi connectivity index (χ2n) is 4.24. The highest BCUT2D eigenvalue weighted by Crippen LogP contribution is 2.19. The number of nitrogens with two attached hydrogens (primary N) is 1. The second-order valence-corrected chi connectivity index (χ2v) is 6.33. The van der Waals surface area contributed by atoms with Crippen LogP contribution < -0.4 is 5.73 Å². The van der Waals surface area contributed by atoms with E-state index in [1.54, 1.807) is 0 Å². The summed E-state index contributed by atoms with van der Waals surface area (Å²) in [7, 11) is -1.94. The fourth-order valence-corrected chi connectivity index (χ4v) is 3.46. The fourth-order valence-electron chi connectivity index (χ4n) is 1.87. The average Bonchev–Trinajstić information content (AvgIpc) is 2.77. The topological polar surface area (TPSA) is 89.7 Å². The number of hydrogen-bond acceptors (Lipinski definition) is 5. The van der Waals surface area contributed by atoms with Crippen LogP contribution in [0, 0.1) is 5.92 Å². The first kappa shape index (κ1) is 14.4. The Balaban J connectivity index is 2.39. The number of carbonyl (C=O) groups is 1. The molecule has 1 saturated heterocycles. The van der Waals surface area contributed by atoms with Crippen LogP contribution in [-0.4, -0.2) is 51.2 Å². The van der Waals surface area contributed by atoms with Gasteiger partial charge in [0.25, 0.3) is 0 Å². The van der Waals surface area contributed by atoms with Gasteiger partial charge in [0.1, 0.15) is 0 Å². The number of carbonyl (C=O) groups excluding carboxylic acids is 1. The molecule has 2 N–H and O–H groups in total. The van der Waals surface area contributed by atoms with Crippen molar-refractivity contribution in [3.05, 3.63) is 0 Å². The van der Waals surface area contributed by atoms with Gasteiger partial charge in [-0.05, 0) is 25.3 Å². The molecule has 1 aliphatic heterocycles. The molecule has 1 unspecified atom stereocenters. The van der Waals surface area contributed by atoms with E-state index in [1.807, 2.05) is 0 Å². The van der Waals surface area contributed by atoms with E-state index in [2.05, 4.69) is 4.74 Å². The zero-order valence-electron chi connectivity index (χ0n) is 10.1. The van der Waals surface area contributed by atoms with E-state index >= 15 is 0 Å². The largest absolute Gasteiger partial charge is 0.469 e. The molecule has 7 heteroatoms. The number of nitrogens with zero attached hydrogens (tertiary/aromatic N) is 1. The molecule has 0 aromatic heterocycles. The van der Waals surface area contributed by atoms with Gasteiger partial charge in [0.05, 0.1) is 12.9 Å². The number of methoxy groups -OCH3 is 1. The van der Waals surface area contributed by atoms with Gasteiger partial charge in [-0.25, -0.2) is 12.7 Å². The number of esters is 1. The van der Waals surface area contributed by atoms with Crippen molar-refractivity contribution in [2.24, 2.45) is 11.7 Å². The number of sulfonamides is 1. The van der Waals surface area contributed by atoms with Crippen molar-refractivity contribution >= 4 is 16.0 Å². The Morgan fingerprint density at radius 1 is 1.53 bits per heavy atom. The summed E-state index contributed by atoms with van der Waals surface area (Å²) in [6, 6.07) is 0. The molecular weight excluding hydrogens is 244 g/mol. The van der Waals surface area contributed by atoms with Gasteiger partial charge < -0.3 is 10.5 Å². The van der Waals surface area contributed by atoms with E-state index in [0.717, 1.165) is 6.42 Å². The molecule has 1 aliphatic rings. The summed E-state index contributed by atoms with van der Waals surface area (Å²) < 4.78 is 29.7. The van der Waals surface area contributed by atoms with Crippen molar-refractivity contribution in [1.82, 2.24) is 4.31 Å². The van der Waals surface area contributed by atoms with Crippen LogP contribution in [0.5, 0.6) is 0 Å². The normalized spacial score (nSPS) is 21.6. The number of hydrogen-bond donors (Lipinski definition) is 1. The lowest BCUT2D eigenvalue weighted by molar-refractivity contribution is -0.140. The Morgan fingerprint density at radius 3 is 2.76 bits per heavy atom. The van der Waals surface area contributed by atoms with Gasteiger partial charge in [-0.1, -0.05) is 0 Å². The zero-order chi connectivity index (χ0) is 12.9.